The molecule has 0 aromatic heterocycles. The van der Waals surface area contributed by atoms with Crippen LogP contribution in [0.1, 0.15) is 36.0 Å². The first-order valence-corrected chi connectivity index (χ1v) is 8.80. The van der Waals surface area contributed by atoms with Gasteiger partial charge in [-0.25, -0.2) is 17.9 Å². The molecule has 6 nitrogen and oxygen atoms in total. The third-order valence-corrected chi connectivity index (χ3v) is 5.66. The Morgan fingerprint density at radius 3 is 2.67 bits per heavy atom. The van der Waals surface area contributed by atoms with E-state index in [4.69, 9.17) is 5.11 Å². The van der Waals surface area contributed by atoms with Crippen LogP contribution in [0.3, 0.4) is 0 Å². The summed E-state index contributed by atoms with van der Waals surface area (Å²) in [6, 6.07) is 3.54. The molecule has 2 rings (SSSR count). The van der Waals surface area contributed by atoms with E-state index in [0.717, 1.165) is 12.5 Å². The number of nitrogens with one attached hydrogen (secondary N) is 1. The second-order valence-corrected chi connectivity index (χ2v) is 7.65. The predicted molar refractivity (Wildman–Crippen MR) is 79.7 cm³/mol. The van der Waals surface area contributed by atoms with E-state index in [1.807, 2.05) is 0 Å². The first-order valence-electron chi connectivity index (χ1n) is 6.53. The highest BCUT2D eigenvalue weighted by Gasteiger charge is 2.26. The lowest BCUT2D eigenvalue weighted by molar-refractivity contribution is 0.0695. The second-order valence-electron chi connectivity index (χ2n) is 5.09. The van der Waals surface area contributed by atoms with Crippen LogP contribution in [0.4, 0.5) is 0 Å². The maximum absolute atomic E-state index is 12.3. The molecule has 1 saturated carbocycles. The van der Waals surface area contributed by atoms with Gasteiger partial charge in [0, 0.05) is 10.5 Å². The number of aliphatic hydroxyl groups excluding tert-OH is 1. The average Bonchev–Trinajstić information content (AvgIpc) is 2.38. The van der Waals surface area contributed by atoms with Gasteiger partial charge in [-0.2, -0.15) is 0 Å². The van der Waals surface area contributed by atoms with Crippen molar-refractivity contribution >= 4 is 31.9 Å². The molecule has 2 atom stereocenters. The summed E-state index contributed by atoms with van der Waals surface area (Å²) in [4.78, 5) is 11.0. The largest absolute Gasteiger partial charge is 0.478 e. The van der Waals surface area contributed by atoms with Crippen molar-refractivity contribution in [2.24, 2.45) is 0 Å². The Bertz CT molecular complexity index is 646. The van der Waals surface area contributed by atoms with E-state index in [2.05, 4.69) is 20.7 Å². The number of benzene rings is 1. The van der Waals surface area contributed by atoms with Crippen LogP contribution in [0, 0.1) is 0 Å². The Balaban J connectivity index is 2.23. The van der Waals surface area contributed by atoms with Crippen LogP contribution in [0.2, 0.25) is 0 Å². The topological polar surface area (TPSA) is 104 Å². The fourth-order valence-electron chi connectivity index (χ4n) is 2.39. The first kappa shape index (κ1) is 16.4. The summed E-state index contributed by atoms with van der Waals surface area (Å²) in [6.07, 6.45) is 1.99. The molecule has 116 valence electrons. The van der Waals surface area contributed by atoms with E-state index >= 15 is 0 Å². The van der Waals surface area contributed by atoms with Gasteiger partial charge in [-0.3, -0.25) is 0 Å². The Morgan fingerprint density at radius 1 is 1.33 bits per heavy atom. The maximum atomic E-state index is 12.3. The van der Waals surface area contributed by atoms with Crippen LogP contribution in [0.15, 0.2) is 27.6 Å². The molecule has 0 aliphatic heterocycles. The zero-order chi connectivity index (χ0) is 15.6. The Labute approximate surface area is 131 Å². The second kappa shape index (κ2) is 6.43. The van der Waals surface area contributed by atoms with E-state index in [1.54, 1.807) is 0 Å². The highest BCUT2D eigenvalue weighted by atomic mass is 79.9. The lowest BCUT2D eigenvalue weighted by Crippen LogP contribution is -2.39. The number of rotatable bonds is 4. The Kier molecular flexibility index (Phi) is 5.03. The summed E-state index contributed by atoms with van der Waals surface area (Å²) in [7, 11) is -3.80. The third-order valence-electron chi connectivity index (χ3n) is 3.45. The van der Waals surface area contributed by atoms with E-state index in [9.17, 15) is 18.3 Å². The van der Waals surface area contributed by atoms with Gasteiger partial charge >= 0.3 is 5.97 Å². The molecule has 21 heavy (non-hydrogen) atoms. The van der Waals surface area contributed by atoms with Crippen molar-refractivity contribution in [2.75, 3.05) is 0 Å². The molecule has 0 radical (unpaired) electrons. The molecule has 1 fully saturated rings. The van der Waals surface area contributed by atoms with Gasteiger partial charge < -0.3 is 10.2 Å². The average molecular weight is 378 g/mol. The number of halogens is 1. The number of carbonyl (C=O) groups is 1. The van der Waals surface area contributed by atoms with Crippen LogP contribution in [-0.2, 0) is 10.0 Å². The van der Waals surface area contributed by atoms with Crippen LogP contribution >= 0.6 is 15.9 Å². The van der Waals surface area contributed by atoms with Gasteiger partial charge in [0.25, 0.3) is 0 Å². The number of carboxylic acids is 1. The minimum atomic E-state index is -3.80. The zero-order valence-corrected chi connectivity index (χ0v) is 13.5. The molecule has 3 N–H and O–H groups in total. The molecule has 8 heteroatoms. The van der Waals surface area contributed by atoms with E-state index in [-0.39, 0.29) is 16.5 Å². The summed E-state index contributed by atoms with van der Waals surface area (Å²) in [5.74, 6) is -1.20. The SMILES string of the molecule is O=C(O)c1cc(S(=O)(=O)NC2CCCC(O)C2)ccc1Br. The number of aromatic carboxylic acids is 1. The van der Waals surface area contributed by atoms with Crippen LogP contribution in [0.25, 0.3) is 0 Å². The van der Waals surface area contributed by atoms with Crippen molar-refractivity contribution in [3.05, 3.63) is 28.2 Å². The minimum Gasteiger partial charge on any atom is -0.478 e. The Hall–Kier alpha value is -0.960. The minimum absolute atomic E-state index is 0.0943. The monoisotopic (exact) mass is 377 g/mol. The van der Waals surface area contributed by atoms with E-state index in [0.29, 0.717) is 23.7 Å². The van der Waals surface area contributed by atoms with Gasteiger partial charge in [-0.1, -0.05) is 0 Å². The van der Waals surface area contributed by atoms with Gasteiger partial charge in [0.15, 0.2) is 0 Å². The van der Waals surface area contributed by atoms with Crippen molar-refractivity contribution in [2.45, 2.75) is 42.7 Å². The molecular weight excluding hydrogens is 362 g/mol. The van der Waals surface area contributed by atoms with E-state index in [1.165, 1.54) is 12.1 Å². The van der Waals surface area contributed by atoms with E-state index < -0.39 is 22.1 Å². The van der Waals surface area contributed by atoms with Crippen molar-refractivity contribution in [3.63, 3.8) is 0 Å². The summed E-state index contributed by atoms with van der Waals surface area (Å²) in [5, 5.41) is 18.6. The van der Waals surface area contributed by atoms with Crippen molar-refractivity contribution in [3.8, 4) is 0 Å². The molecule has 0 saturated heterocycles. The van der Waals surface area contributed by atoms with Crippen molar-refractivity contribution in [1.29, 1.82) is 0 Å². The van der Waals surface area contributed by atoms with Gasteiger partial charge in [0.2, 0.25) is 10.0 Å². The number of carboxylic acid groups (broad SMARTS) is 1. The number of sulfonamides is 1. The molecule has 1 aliphatic rings. The molecule has 0 spiro atoms. The first-order chi connectivity index (χ1) is 9.79. The molecule has 0 amide bonds. The summed E-state index contributed by atoms with van der Waals surface area (Å²) < 4.78 is 27.4. The van der Waals surface area contributed by atoms with Gasteiger partial charge in [0.1, 0.15) is 0 Å². The molecule has 2 unspecified atom stereocenters. The van der Waals surface area contributed by atoms with Gasteiger partial charge in [-0.05, 0) is 59.8 Å². The summed E-state index contributed by atoms with van der Waals surface area (Å²) in [6.45, 7) is 0. The normalized spacial score (nSPS) is 23.0. The number of aliphatic hydroxyl groups is 1. The maximum Gasteiger partial charge on any atom is 0.336 e. The standard InChI is InChI=1S/C13H16BrNO5S/c14-12-5-4-10(7-11(12)13(17)18)21(19,20)15-8-2-1-3-9(16)6-8/h4-5,7-9,15-16H,1-3,6H2,(H,17,18). The molecular formula is C13H16BrNO5S. The van der Waals surface area contributed by atoms with Crippen LogP contribution < -0.4 is 4.72 Å². The molecule has 1 aromatic rings. The smallest absolute Gasteiger partial charge is 0.336 e. The third kappa shape index (κ3) is 4.03. The fourth-order valence-corrected chi connectivity index (χ4v) is 4.12. The molecule has 1 aromatic carbocycles. The van der Waals surface area contributed by atoms with Crippen LogP contribution in [-0.4, -0.2) is 36.7 Å². The number of hydrogen-bond donors (Lipinski definition) is 3. The highest BCUT2D eigenvalue weighted by Crippen LogP contribution is 2.23. The van der Waals surface area contributed by atoms with Crippen molar-refractivity contribution < 1.29 is 23.4 Å². The predicted octanol–water partition coefficient (Wildman–Crippen LogP) is 1.73. The van der Waals surface area contributed by atoms with Crippen molar-refractivity contribution in [1.82, 2.24) is 4.72 Å². The lowest BCUT2D eigenvalue weighted by atomic mass is 9.94. The van der Waals surface area contributed by atoms with Gasteiger partial charge in [-0.15, -0.1) is 0 Å². The van der Waals surface area contributed by atoms with Crippen LogP contribution in [0.5, 0.6) is 0 Å². The quantitative estimate of drug-likeness (QED) is 0.740. The molecule has 0 bridgehead atoms. The highest BCUT2D eigenvalue weighted by molar-refractivity contribution is 9.10. The zero-order valence-electron chi connectivity index (χ0n) is 11.1. The summed E-state index contributed by atoms with van der Waals surface area (Å²) in [5.41, 5.74) is -0.110. The lowest BCUT2D eigenvalue weighted by Gasteiger charge is -2.26. The molecule has 1 aliphatic carbocycles. The Morgan fingerprint density at radius 2 is 2.05 bits per heavy atom. The number of hydrogen-bond acceptors (Lipinski definition) is 4. The molecule has 0 heterocycles. The fraction of sp³-hybridized carbons (Fsp3) is 0.462. The summed E-state index contributed by atoms with van der Waals surface area (Å²) >= 11 is 3.08. The van der Waals surface area contributed by atoms with Gasteiger partial charge in [0.05, 0.1) is 16.6 Å².